The Bertz CT molecular complexity index is 416. The number of hydrogen-bond acceptors (Lipinski definition) is 2. The molecule has 0 aliphatic carbocycles. The third-order valence-electron chi connectivity index (χ3n) is 2.98. The quantitative estimate of drug-likeness (QED) is 0.827. The minimum atomic E-state index is -0.696. The van der Waals surface area contributed by atoms with Crippen LogP contribution in [0.1, 0.15) is 6.92 Å². The zero-order chi connectivity index (χ0) is 12.4. The van der Waals surface area contributed by atoms with E-state index in [9.17, 15) is 13.6 Å². The van der Waals surface area contributed by atoms with Crippen molar-refractivity contribution in [1.29, 1.82) is 0 Å². The monoisotopic (exact) mass is 240 g/mol. The average Bonchev–Trinajstić information content (AvgIpc) is 2.62. The van der Waals surface area contributed by atoms with Gasteiger partial charge >= 0.3 is 0 Å². The molecule has 92 valence electrons. The minimum absolute atomic E-state index is 0.152. The van der Waals surface area contributed by atoms with Gasteiger partial charge in [0.1, 0.15) is 11.6 Å². The Balaban J connectivity index is 2.07. The number of hydrogen-bond donors (Lipinski definition) is 2. The molecule has 0 saturated carbocycles. The summed E-state index contributed by atoms with van der Waals surface area (Å²) in [7, 11) is 0. The normalized spacial score (nSPS) is 23.7. The van der Waals surface area contributed by atoms with Crippen molar-refractivity contribution in [3.05, 3.63) is 29.8 Å². The van der Waals surface area contributed by atoms with Crippen molar-refractivity contribution in [2.45, 2.75) is 6.92 Å². The number of nitrogens with one attached hydrogen (secondary N) is 2. The van der Waals surface area contributed by atoms with Crippen molar-refractivity contribution in [3.63, 3.8) is 0 Å². The summed E-state index contributed by atoms with van der Waals surface area (Å²) in [6, 6.07) is 2.98. The molecule has 1 aliphatic heterocycles. The molecule has 1 aliphatic rings. The van der Waals surface area contributed by atoms with Gasteiger partial charge in [0, 0.05) is 18.3 Å². The smallest absolute Gasteiger partial charge is 0.229 e. The molecule has 0 aromatic heterocycles. The molecule has 3 nitrogen and oxygen atoms in total. The molecule has 1 fully saturated rings. The lowest BCUT2D eigenvalue weighted by atomic mass is 9.97. The van der Waals surface area contributed by atoms with Crippen molar-refractivity contribution < 1.29 is 13.6 Å². The Kier molecular flexibility index (Phi) is 3.38. The standard InChI is InChI=1S/C12H14F2N2O/c1-7-5-15-6-11(7)12(17)16-10-3-8(13)2-9(14)4-10/h2-4,7,11,15H,5-6H2,1H3,(H,16,17)/t7-,11-/m1/s1. The largest absolute Gasteiger partial charge is 0.326 e. The number of carbonyl (C=O) groups is 1. The number of rotatable bonds is 2. The Morgan fingerprint density at radius 1 is 1.29 bits per heavy atom. The van der Waals surface area contributed by atoms with Gasteiger partial charge in [-0.05, 0) is 24.6 Å². The fraction of sp³-hybridized carbons (Fsp3) is 0.417. The van der Waals surface area contributed by atoms with Gasteiger partial charge in [0.15, 0.2) is 0 Å². The van der Waals surface area contributed by atoms with Crippen molar-refractivity contribution in [1.82, 2.24) is 5.32 Å². The summed E-state index contributed by atoms with van der Waals surface area (Å²) in [6.45, 7) is 3.36. The number of halogens is 2. The molecule has 1 aromatic carbocycles. The van der Waals surface area contributed by atoms with E-state index in [2.05, 4.69) is 10.6 Å². The molecule has 2 N–H and O–H groups in total. The van der Waals surface area contributed by atoms with E-state index in [0.29, 0.717) is 6.54 Å². The van der Waals surface area contributed by atoms with Crippen LogP contribution < -0.4 is 10.6 Å². The van der Waals surface area contributed by atoms with E-state index in [0.717, 1.165) is 24.7 Å². The lowest BCUT2D eigenvalue weighted by Gasteiger charge is -2.14. The van der Waals surface area contributed by atoms with Crippen LogP contribution in [-0.2, 0) is 4.79 Å². The Morgan fingerprint density at radius 2 is 1.94 bits per heavy atom. The first-order valence-electron chi connectivity index (χ1n) is 5.54. The second-order valence-corrected chi connectivity index (χ2v) is 4.39. The molecule has 17 heavy (non-hydrogen) atoms. The van der Waals surface area contributed by atoms with Crippen molar-refractivity contribution >= 4 is 11.6 Å². The summed E-state index contributed by atoms with van der Waals surface area (Å²) in [4.78, 5) is 11.9. The van der Waals surface area contributed by atoms with Gasteiger partial charge < -0.3 is 10.6 Å². The molecule has 5 heteroatoms. The van der Waals surface area contributed by atoms with Gasteiger partial charge in [0.05, 0.1) is 5.92 Å². The second kappa shape index (κ2) is 4.79. The molecular weight excluding hydrogens is 226 g/mol. The van der Waals surface area contributed by atoms with Crippen molar-refractivity contribution in [2.75, 3.05) is 18.4 Å². The summed E-state index contributed by atoms with van der Waals surface area (Å²) >= 11 is 0. The highest BCUT2D eigenvalue weighted by molar-refractivity contribution is 5.93. The van der Waals surface area contributed by atoms with Crippen LogP contribution in [0.4, 0.5) is 14.5 Å². The Morgan fingerprint density at radius 3 is 2.47 bits per heavy atom. The van der Waals surface area contributed by atoms with Crippen LogP contribution in [-0.4, -0.2) is 19.0 Å². The highest BCUT2D eigenvalue weighted by Crippen LogP contribution is 2.19. The fourth-order valence-electron chi connectivity index (χ4n) is 2.02. The van der Waals surface area contributed by atoms with Gasteiger partial charge in [-0.25, -0.2) is 8.78 Å². The molecule has 1 amide bonds. The highest BCUT2D eigenvalue weighted by atomic mass is 19.1. The molecule has 1 heterocycles. The lowest BCUT2D eigenvalue weighted by Crippen LogP contribution is -2.27. The van der Waals surface area contributed by atoms with Gasteiger partial charge in [-0.2, -0.15) is 0 Å². The maximum absolute atomic E-state index is 12.9. The van der Waals surface area contributed by atoms with E-state index >= 15 is 0 Å². The van der Waals surface area contributed by atoms with Gasteiger partial charge in [-0.15, -0.1) is 0 Å². The summed E-state index contributed by atoms with van der Waals surface area (Å²) in [5, 5.41) is 5.64. The molecule has 1 aromatic rings. The van der Waals surface area contributed by atoms with E-state index in [1.165, 1.54) is 0 Å². The Labute approximate surface area is 98.2 Å². The number of anilines is 1. The van der Waals surface area contributed by atoms with Crippen LogP contribution in [0.5, 0.6) is 0 Å². The summed E-state index contributed by atoms with van der Waals surface area (Å²) in [5.41, 5.74) is 0.159. The maximum atomic E-state index is 12.9. The highest BCUT2D eigenvalue weighted by Gasteiger charge is 2.29. The third kappa shape index (κ3) is 2.79. The number of amides is 1. The summed E-state index contributed by atoms with van der Waals surface area (Å²) < 4.78 is 25.9. The predicted octanol–water partition coefficient (Wildman–Crippen LogP) is 1.76. The van der Waals surface area contributed by atoms with E-state index < -0.39 is 11.6 Å². The van der Waals surface area contributed by atoms with Crippen LogP contribution in [0.15, 0.2) is 18.2 Å². The van der Waals surface area contributed by atoms with Crippen LogP contribution in [0.3, 0.4) is 0 Å². The topological polar surface area (TPSA) is 41.1 Å². The first-order valence-corrected chi connectivity index (χ1v) is 5.54. The van der Waals surface area contributed by atoms with Gasteiger partial charge in [-0.3, -0.25) is 4.79 Å². The zero-order valence-electron chi connectivity index (χ0n) is 9.47. The van der Waals surface area contributed by atoms with Crippen LogP contribution in [0, 0.1) is 23.5 Å². The SMILES string of the molecule is C[C@@H]1CNC[C@H]1C(=O)Nc1cc(F)cc(F)c1. The molecule has 2 atom stereocenters. The molecule has 1 saturated heterocycles. The summed E-state index contributed by atoms with van der Waals surface area (Å²) in [6.07, 6.45) is 0. The van der Waals surface area contributed by atoms with E-state index in [1.807, 2.05) is 6.92 Å². The number of carbonyl (C=O) groups excluding carboxylic acids is 1. The molecule has 0 bridgehead atoms. The van der Waals surface area contributed by atoms with Crippen LogP contribution >= 0.6 is 0 Å². The molecule has 2 rings (SSSR count). The first kappa shape index (κ1) is 12.0. The number of benzene rings is 1. The summed E-state index contributed by atoms with van der Waals surface area (Å²) in [5.74, 6) is -1.52. The second-order valence-electron chi connectivity index (χ2n) is 4.39. The molecule has 0 radical (unpaired) electrons. The van der Waals surface area contributed by atoms with Crippen molar-refractivity contribution in [3.8, 4) is 0 Å². The van der Waals surface area contributed by atoms with E-state index in [4.69, 9.17) is 0 Å². The Hall–Kier alpha value is -1.49. The third-order valence-corrected chi connectivity index (χ3v) is 2.98. The molecule has 0 unspecified atom stereocenters. The van der Waals surface area contributed by atoms with Crippen LogP contribution in [0.25, 0.3) is 0 Å². The van der Waals surface area contributed by atoms with Gasteiger partial charge in [0.2, 0.25) is 5.91 Å². The van der Waals surface area contributed by atoms with E-state index in [-0.39, 0.29) is 23.4 Å². The lowest BCUT2D eigenvalue weighted by molar-refractivity contribution is -0.120. The predicted molar refractivity (Wildman–Crippen MR) is 60.5 cm³/mol. The average molecular weight is 240 g/mol. The zero-order valence-corrected chi connectivity index (χ0v) is 9.47. The minimum Gasteiger partial charge on any atom is -0.326 e. The molecular formula is C12H14F2N2O. The maximum Gasteiger partial charge on any atom is 0.229 e. The van der Waals surface area contributed by atoms with Crippen LogP contribution in [0.2, 0.25) is 0 Å². The van der Waals surface area contributed by atoms with Gasteiger partial charge in [-0.1, -0.05) is 6.92 Å². The van der Waals surface area contributed by atoms with Gasteiger partial charge in [0.25, 0.3) is 0 Å². The van der Waals surface area contributed by atoms with E-state index in [1.54, 1.807) is 0 Å². The fourth-order valence-corrected chi connectivity index (χ4v) is 2.02. The molecule has 0 spiro atoms. The van der Waals surface area contributed by atoms with Crippen molar-refractivity contribution in [2.24, 2.45) is 11.8 Å². The first-order chi connectivity index (χ1) is 8.06.